The average molecular weight is 189 g/mol. The predicted octanol–water partition coefficient (Wildman–Crippen LogP) is 0.890. The van der Waals surface area contributed by atoms with Crippen molar-refractivity contribution in [2.75, 3.05) is 7.05 Å². The maximum Gasteiger partial charge on any atom is 0.217 e. The van der Waals surface area contributed by atoms with Crippen LogP contribution in [0.15, 0.2) is 12.7 Å². The molecule has 3 nitrogen and oxygen atoms in total. The summed E-state index contributed by atoms with van der Waals surface area (Å²) in [5.74, 6) is 0.0370. The van der Waals surface area contributed by atoms with E-state index in [0.717, 1.165) is 12.8 Å². The summed E-state index contributed by atoms with van der Waals surface area (Å²) in [5, 5.41) is 0. The van der Waals surface area contributed by atoms with Gasteiger partial charge < -0.3 is 0 Å². The first-order valence-electron chi connectivity index (χ1n) is 4.06. The van der Waals surface area contributed by atoms with Gasteiger partial charge >= 0.3 is 0 Å². The zero-order valence-corrected chi connectivity index (χ0v) is 8.32. The molecule has 0 aromatic rings. The summed E-state index contributed by atoms with van der Waals surface area (Å²) in [7, 11) is -1.66. The quantitative estimate of drug-likeness (QED) is 0.668. The van der Waals surface area contributed by atoms with Gasteiger partial charge in [0.05, 0.1) is 4.75 Å². The van der Waals surface area contributed by atoms with Crippen LogP contribution >= 0.6 is 0 Å². The van der Waals surface area contributed by atoms with Crippen molar-refractivity contribution in [1.29, 1.82) is 0 Å². The largest absolute Gasteiger partial charge is 0.218 e. The number of allylic oxidation sites excluding steroid dienone is 1. The topological polar surface area (TPSA) is 46.2 Å². The maximum atomic E-state index is 11.5. The van der Waals surface area contributed by atoms with Gasteiger partial charge in [-0.25, -0.2) is 13.1 Å². The monoisotopic (exact) mass is 189 g/mol. The third-order valence-electron chi connectivity index (χ3n) is 2.73. The van der Waals surface area contributed by atoms with Gasteiger partial charge in [0.1, 0.15) is 0 Å². The van der Waals surface area contributed by atoms with Gasteiger partial charge in [0.25, 0.3) is 0 Å². The van der Waals surface area contributed by atoms with Gasteiger partial charge in [-0.1, -0.05) is 13.0 Å². The van der Waals surface area contributed by atoms with Gasteiger partial charge in [0, 0.05) is 0 Å². The number of nitrogens with one attached hydrogen (secondary N) is 1. The minimum absolute atomic E-state index is 0.0370. The van der Waals surface area contributed by atoms with E-state index in [4.69, 9.17) is 0 Å². The smallest absolute Gasteiger partial charge is 0.217 e. The van der Waals surface area contributed by atoms with Crippen molar-refractivity contribution in [3.63, 3.8) is 0 Å². The van der Waals surface area contributed by atoms with Crippen LogP contribution in [0.1, 0.15) is 19.8 Å². The molecular weight excluding hydrogens is 174 g/mol. The molecule has 0 radical (unpaired) electrons. The summed E-state index contributed by atoms with van der Waals surface area (Å²) in [6.07, 6.45) is 3.22. The first-order valence-corrected chi connectivity index (χ1v) is 5.54. The van der Waals surface area contributed by atoms with Crippen LogP contribution in [0, 0.1) is 5.92 Å². The van der Waals surface area contributed by atoms with E-state index in [0.29, 0.717) is 0 Å². The average Bonchev–Trinajstić information content (AvgIpc) is 2.83. The van der Waals surface area contributed by atoms with Gasteiger partial charge in [-0.15, -0.1) is 6.58 Å². The highest BCUT2D eigenvalue weighted by molar-refractivity contribution is 7.91. The van der Waals surface area contributed by atoms with Gasteiger partial charge in [-0.2, -0.15) is 0 Å². The van der Waals surface area contributed by atoms with Crippen LogP contribution in [0.5, 0.6) is 0 Å². The molecule has 0 bridgehead atoms. The predicted molar refractivity (Wildman–Crippen MR) is 49.3 cm³/mol. The van der Waals surface area contributed by atoms with Crippen LogP contribution in [0.25, 0.3) is 0 Å². The van der Waals surface area contributed by atoms with E-state index in [1.165, 1.54) is 7.05 Å². The van der Waals surface area contributed by atoms with Gasteiger partial charge in [0.15, 0.2) is 0 Å². The standard InChI is InChI=1S/C8H15NO2S/c1-4-7(2)8(5-6-8)12(10,11)9-3/h4,7,9H,1,5-6H2,2-3H3. The number of hydrogen-bond donors (Lipinski definition) is 1. The van der Waals surface area contributed by atoms with E-state index >= 15 is 0 Å². The van der Waals surface area contributed by atoms with Crippen LogP contribution in [0.3, 0.4) is 0 Å². The van der Waals surface area contributed by atoms with Crippen molar-refractivity contribution in [2.45, 2.75) is 24.5 Å². The van der Waals surface area contributed by atoms with Crippen molar-refractivity contribution in [3.8, 4) is 0 Å². The lowest BCUT2D eigenvalue weighted by molar-refractivity contribution is 0.539. The van der Waals surface area contributed by atoms with E-state index in [2.05, 4.69) is 11.3 Å². The molecule has 0 aromatic carbocycles. The summed E-state index contributed by atoms with van der Waals surface area (Å²) in [6, 6.07) is 0. The SMILES string of the molecule is C=CC(C)C1(S(=O)(=O)NC)CC1. The zero-order chi connectivity index (χ0) is 9.41. The Morgan fingerprint density at radius 2 is 2.08 bits per heavy atom. The molecule has 1 saturated carbocycles. The molecule has 1 aliphatic rings. The maximum absolute atomic E-state index is 11.5. The Hall–Kier alpha value is -0.350. The summed E-state index contributed by atoms with van der Waals surface area (Å²) < 4.78 is 24.9. The van der Waals surface area contributed by atoms with Crippen LogP contribution in [0.4, 0.5) is 0 Å². The molecule has 0 saturated heterocycles. The fourth-order valence-electron chi connectivity index (χ4n) is 1.51. The molecule has 1 atom stereocenters. The highest BCUT2D eigenvalue weighted by atomic mass is 32.2. The number of rotatable bonds is 4. The zero-order valence-electron chi connectivity index (χ0n) is 7.50. The van der Waals surface area contributed by atoms with Crippen LogP contribution in [-0.4, -0.2) is 20.2 Å². The molecule has 1 rings (SSSR count). The summed E-state index contributed by atoms with van der Waals surface area (Å²) >= 11 is 0. The second-order valence-corrected chi connectivity index (χ2v) is 5.52. The van der Waals surface area contributed by atoms with Crippen LogP contribution in [-0.2, 0) is 10.0 Å². The molecule has 12 heavy (non-hydrogen) atoms. The van der Waals surface area contributed by atoms with E-state index in [1.54, 1.807) is 6.08 Å². The van der Waals surface area contributed by atoms with Crippen LogP contribution in [0.2, 0.25) is 0 Å². The Kier molecular flexibility index (Phi) is 2.31. The van der Waals surface area contributed by atoms with E-state index in [1.807, 2.05) is 6.92 Å². The molecule has 0 aromatic heterocycles. The lowest BCUT2D eigenvalue weighted by atomic mass is 10.1. The molecule has 4 heteroatoms. The van der Waals surface area contributed by atoms with E-state index in [-0.39, 0.29) is 5.92 Å². The van der Waals surface area contributed by atoms with E-state index < -0.39 is 14.8 Å². The first kappa shape index (κ1) is 9.74. The Morgan fingerprint density at radius 1 is 1.58 bits per heavy atom. The highest BCUT2D eigenvalue weighted by Crippen LogP contribution is 2.49. The van der Waals surface area contributed by atoms with Crippen molar-refractivity contribution in [2.24, 2.45) is 5.92 Å². The van der Waals surface area contributed by atoms with Crippen LogP contribution < -0.4 is 4.72 Å². The van der Waals surface area contributed by atoms with Gasteiger partial charge in [-0.3, -0.25) is 0 Å². The molecule has 0 aliphatic heterocycles. The number of sulfonamides is 1. The molecular formula is C8H15NO2S. The molecule has 0 heterocycles. The molecule has 1 fully saturated rings. The lowest BCUT2D eigenvalue weighted by Gasteiger charge is -2.19. The van der Waals surface area contributed by atoms with Crippen molar-refractivity contribution in [1.82, 2.24) is 4.72 Å². The van der Waals surface area contributed by atoms with Gasteiger partial charge in [-0.05, 0) is 25.8 Å². The summed E-state index contributed by atoms with van der Waals surface area (Å²) in [4.78, 5) is 0. The summed E-state index contributed by atoms with van der Waals surface area (Å²) in [6.45, 7) is 5.52. The fraction of sp³-hybridized carbons (Fsp3) is 0.750. The minimum atomic E-state index is -3.12. The highest BCUT2D eigenvalue weighted by Gasteiger charge is 2.56. The molecule has 70 valence electrons. The third kappa shape index (κ3) is 1.19. The fourth-order valence-corrected chi connectivity index (χ4v) is 3.14. The third-order valence-corrected chi connectivity index (χ3v) is 5.12. The summed E-state index contributed by atoms with van der Waals surface area (Å²) in [5.41, 5.74) is 0. The molecule has 1 unspecified atom stereocenters. The second-order valence-electron chi connectivity index (χ2n) is 3.30. The normalized spacial score (nSPS) is 23.2. The molecule has 0 spiro atoms. The van der Waals surface area contributed by atoms with Crippen molar-refractivity contribution >= 4 is 10.0 Å². The first-order chi connectivity index (χ1) is 5.50. The molecule has 1 N–H and O–H groups in total. The Balaban J connectivity index is 2.94. The molecule has 1 aliphatic carbocycles. The Bertz CT molecular complexity index is 277. The van der Waals surface area contributed by atoms with E-state index in [9.17, 15) is 8.42 Å². The number of hydrogen-bond acceptors (Lipinski definition) is 2. The van der Waals surface area contributed by atoms with Gasteiger partial charge in [0.2, 0.25) is 10.0 Å². The van der Waals surface area contributed by atoms with Crippen molar-refractivity contribution < 1.29 is 8.42 Å². The Labute approximate surface area is 73.9 Å². The van der Waals surface area contributed by atoms with Crippen molar-refractivity contribution in [3.05, 3.63) is 12.7 Å². The minimum Gasteiger partial charge on any atom is -0.218 e. The Morgan fingerprint density at radius 3 is 2.33 bits per heavy atom. The molecule has 0 amide bonds. The second kappa shape index (κ2) is 2.85. The lowest BCUT2D eigenvalue weighted by Crippen LogP contribution is -2.37.